The summed E-state index contributed by atoms with van der Waals surface area (Å²) < 4.78 is -0.484. The Morgan fingerprint density at radius 3 is 2.69 bits per heavy atom. The Morgan fingerprint density at radius 2 is 2.06 bits per heavy atom. The molecule has 1 N–H and O–H groups in total. The van der Waals surface area contributed by atoms with Crippen molar-refractivity contribution in [2.45, 2.75) is 30.4 Å². The van der Waals surface area contributed by atoms with Crippen LogP contribution >= 0.6 is 11.8 Å². The van der Waals surface area contributed by atoms with Crippen molar-refractivity contribution in [3.8, 4) is 0 Å². The zero-order chi connectivity index (χ0) is 11.9. The lowest BCUT2D eigenvalue weighted by Crippen LogP contribution is -2.37. The van der Waals surface area contributed by atoms with Gasteiger partial charge in [0.25, 0.3) is 0 Å². The van der Waals surface area contributed by atoms with Crippen LogP contribution in [0, 0.1) is 0 Å². The fourth-order valence-electron chi connectivity index (χ4n) is 1.52. The Balaban J connectivity index is 2.45. The number of fused-ring (bicyclic) bond motifs is 1. The van der Waals surface area contributed by atoms with E-state index >= 15 is 0 Å². The van der Waals surface area contributed by atoms with Gasteiger partial charge in [-0.05, 0) is 39.0 Å². The molecule has 1 aliphatic heterocycles. The number of hydrogen-bond acceptors (Lipinski definition) is 3. The standard InChI is InChI=1S/C12H13NO2S/c1-7(14)8-4-5-9-10(6-8)16-12(2,3)11(15)13-9/h4-6H,1-3H3,(H,13,15). The maximum Gasteiger partial charge on any atom is 0.240 e. The van der Waals surface area contributed by atoms with E-state index in [1.165, 1.54) is 11.8 Å². The van der Waals surface area contributed by atoms with Gasteiger partial charge in [0.05, 0.1) is 10.4 Å². The second kappa shape index (κ2) is 3.63. The van der Waals surface area contributed by atoms with E-state index < -0.39 is 4.75 Å². The summed E-state index contributed by atoms with van der Waals surface area (Å²) in [7, 11) is 0. The predicted octanol–water partition coefficient (Wildman–Crippen LogP) is 2.71. The maximum absolute atomic E-state index is 11.7. The van der Waals surface area contributed by atoms with Gasteiger partial charge in [0, 0.05) is 10.5 Å². The van der Waals surface area contributed by atoms with Crippen molar-refractivity contribution in [1.29, 1.82) is 0 Å². The molecule has 0 radical (unpaired) electrons. The van der Waals surface area contributed by atoms with Crippen LogP contribution in [0.5, 0.6) is 0 Å². The minimum atomic E-state index is -0.484. The van der Waals surface area contributed by atoms with Crippen molar-refractivity contribution in [2.24, 2.45) is 0 Å². The predicted molar refractivity (Wildman–Crippen MR) is 65.0 cm³/mol. The topological polar surface area (TPSA) is 46.2 Å². The van der Waals surface area contributed by atoms with Crippen LogP contribution in [0.4, 0.5) is 5.69 Å². The molecule has 0 aliphatic carbocycles. The first-order valence-corrected chi connectivity index (χ1v) is 5.87. The van der Waals surface area contributed by atoms with E-state index in [4.69, 9.17) is 0 Å². The summed E-state index contributed by atoms with van der Waals surface area (Å²) >= 11 is 1.49. The van der Waals surface area contributed by atoms with Crippen LogP contribution in [-0.2, 0) is 4.79 Å². The smallest absolute Gasteiger partial charge is 0.240 e. The molecule has 0 bridgehead atoms. The zero-order valence-corrected chi connectivity index (χ0v) is 10.3. The Hall–Kier alpha value is -1.29. The molecule has 1 heterocycles. The van der Waals surface area contributed by atoms with Crippen molar-refractivity contribution in [1.82, 2.24) is 0 Å². The molecular weight excluding hydrogens is 222 g/mol. The van der Waals surface area contributed by atoms with E-state index in [-0.39, 0.29) is 11.7 Å². The summed E-state index contributed by atoms with van der Waals surface area (Å²) in [5.74, 6) is 0.0404. The third kappa shape index (κ3) is 1.85. The summed E-state index contributed by atoms with van der Waals surface area (Å²) in [6, 6.07) is 5.36. The van der Waals surface area contributed by atoms with Gasteiger partial charge in [-0.2, -0.15) is 0 Å². The molecule has 2 rings (SSSR count). The minimum absolute atomic E-state index is 0.000532. The molecule has 0 spiro atoms. The number of carbonyl (C=O) groups is 2. The number of nitrogens with one attached hydrogen (secondary N) is 1. The lowest BCUT2D eigenvalue weighted by molar-refractivity contribution is -0.117. The van der Waals surface area contributed by atoms with Crippen LogP contribution in [0.1, 0.15) is 31.1 Å². The second-order valence-electron chi connectivity index (χ2n) is 4.33. The summed E-state index contributed by atoms with van der Waals surface area (Å²) in [5.41, 5.74) is 1.47. The highest BCUT2D eigenvalue weighted by Gasteiger charge is 2.34. The maximum atomic E-state index is 11.7. The number of benzene rings is 1. The molecule has 4 heteroatoms. The van der Waals surface area contributed by atoms with Gasteiger partial charge in [-0.25, -0.2) is 0 Å². The second-order valence-corrected chi connectivity index (χ2v) is 6.00. The molecule has 3 nitrogen and oxygen atoms in total. The average Bonchev–Trinajstić information content (AvgIpc) is 2.18. The number of anilines is 1. The normalized spacial score (nSPS) is 17.6. The Kier molecular flexibility index (Phi) is 2.54. The zero-order valence-electron chi connectivity index (χ0n) is 9.46. The Morgan fingerprint density at radius 1 is 1.38 bits per heavy atom. The van der Waals surface area contributed by atoms with Crippen LogP contribution in [-0.4, -0.2) is 16.4 Å². The molecule has 1 aliphatic rings. The minimum Gasteiger partial charge on any atom is -0.324 e. The molecule has 1 amide bonds. The molecular formula is C12H13NO2S. The number of thioether (sulfide) groups is 1. The van der Waals surface area contributed by atoms with Gasteiger partial charge in [0.2, 0.25) is 5.91 Å². The first-order valence-electron chi connectivity index (χ1n) is 5.05. The van der Waals surface area contributed by atoms with Crippen molar-refractivity contribution in [2.75, 3.05) is 5.32 Å². The number of carbonyl (C=O) groups excluding carboxylic acids is 2. The fraction of sp³-hybridized carbons (Fsp3) is 0.333. The van der Waals surface area contributed by atoms with E-state index in [2.05, 4.69) is 5.32 Å². The monoisotopic (exact) mass is 235 g/mol. The molecule has 1 aromatic carbocycles. The SMILES string of the molecule is CC(=O)c1ccc2c(c1)SC(C)(C)C(=O)N2. The van der Waals surface area contributed by atoms with Gasteiger partial charge in [-0.15, -0.1) is 11.8 Å². The summed E-state index contributed by atoms with van der Waals surface area (Å²) in [6.07, 6.45) is 0. The first-order chi connectivity index (χ1) is 7.40. The molecule has 16 heavy (non-hydrogen) atoms. The van der Waals surface area contributed by atoms with Crippen LogP contribution < -0.4 is 5.32 Å². The molecule has 0 aromatic heterocycles. The van der Waals surface area contributed by atoms with E-state index in [1.54, 1.807) is 19.1 Å². The highest BCUT2D eigenvalue weighted by Crippen LogP contribution is 2.42. The molecule has 0 saturated heterocycles. The Labute approximate surface area is 98.6 Å². The third-order valence-corrected chi connectivity index (χ3v) is 3.80. The summed E-state index contributed by atoms with van der Waals surface area (Å²) in [5, 5.41) is 2.85. The van der Waals surface area contributed by atoms with Crippen LogP contribution in [0.2, 0.25) is 0 Å². The van der Waals surface area contributed by atoms with E-state index in [0.717, 1.165) is 10.6 Å². The highest BCUT2D eigenvalue weighted by molar-refractivity contribution is 8.01. The van der Waals surface area contributed by atoms with E-state index in [9.17, 15) is 9.59 Å². The van der Waals surface area contributed by atoms with Crippen molar-refractivity contribution < 1.29 is 9.59 Å². The fourth-order valence-corrected chi connectivity index (χ4v) is 2.63. The average molecular weight is 235 g/mol. The quantitative estimate of drug-likeness (QED) is 0.761. The van der Waals surface area contributed by atoms with Gasteiger partial charge in [0.1, 0.15) is 0 Å². The van der Waals surface area contributed by atoms with Crippen LogP contribution in [0.25, 0.3) is 0 Å². The van der Waals surface area contributed by atoms with Crippen LogP contribution in [0.3, 0.4) is 0 Å². The van der Waals surface area contributed by atoms with Crippen molar-refractivity contribution >= 4 is 29.1 Å². The summed E-state index contributed by atoms with van der Waals surface area (Å²) in [6.45, 7) is 5.28. The van der Waals surface area contributed by atoms with Gasteiger partial charge in [-0.3, -0.25) is 9.59 Å². The van der Waals surface area contributed by atoms with Crippen molar-refractivity contribution in [3.63, 3.8) is 0 Å². The van der Waals surface area contributed by atoms with Gasteiger partial charge in [-0.1, -0.05) is 0 Å². The van der Waals surface area contributed by atoms with E-state index in [1.807, 2.05) is 19.9 Å². The number of rotatable bonds is 1. The number of amides is 1. The molecule has 0 unspecified atom stereocenters. The van der Waals surface area contributed by atoms with Gasteiger partial charge < -0.3 is 5.32 Å². The molecule has 84 valence electrons. The molecule has 0 saturated carbocycles. The number of hydrogen-bond donors (Lipinski definition) is 1. The molecule has 1 aromatic rings. The number of ketones is 1. The number of Topliss-reactive ketones (excluding diaryl/α,β-unsaturated/α-hetero) is 1. The van der Waals surface area contributed by atoms with Crippen LogP contribution in [0.15, 0.2) is 23.1 Å². The first kappa shape index (κ1) is 11.2. The van der Waals surface area contributed by atoms with Crippen molar-refractivity contribution in [3.05, 3.63) is 23.8 Å². The van der Waals surface area contributed by atoms with E-state index in [0.29, 0.717) is 5.56 Å². The molecule has 0 atom stereocenters. The Bertz CT molecular complexity index is 480. The molecule has 0 fully saturated rings. The summed E-state index contributed by atoms with van der Waals surface area (Å²) in [4.78, 5) is 23.9. The van der Waals surface area contributed by atoms with Gasteiger partial charge in [0.15, 0.2) is 5.78 Å². The van der Waals surface area contributed by atoms with Gasteiger partial charge >= 0.3 is 0 Å². The largest absolute Gasteiger partial charge is 0.324 e. The lowest BCUT2D eigenvalue weighted by Gasteiger charge is -2.29. The lowest BCUT2D eigenvalue weighted by atomic mass is 10.1. The highest BCUT2D eigenvalue weighted by atomic mass is 32.2. The third-order valence-electron chi connectivity index (χ3n) is 2.55.